The Kier molecular flexibility index (Phi) is 3.00. The van der Waals surface area contributed by atoms with Gasteiger partial charge in [0.25, 0.3) is 5.89 Å². The van der Waals surface area contributed by atoms with Crippen LogP contribution in [0.4, 0.5) is 5.69 Å². The van der Waals surface area contributed by atoms with Crippen molar-refractivity contribution in [2.45, 2.75) is 13.3 Å². The number of hydrogen-bond acceptors (Lipinski definition) is 6. The lowest BCUT2D eigenvalue weighted by Gasteiger charge is -1.94. The van der Waals surface area contributed by atoms with Gasteiger partial charge in [-0.15, -0.1) is 11.3 Å². The fourth-order valence-electron chi connectivity index (χ4n) is 1.72. The van der Waals surface area contributed by atoms with E-state index in [4.69, 9.17) is 10.3 Å². The van der Waals surface area contributed by atoms with Gasteiger partial charge in [0.1, 0.15) is 0 Å². The van der Waals surface area contributed by atoms with E-state index in [1.54, 1.807) is 11.3 Å². The second-order valence-electron chi connectivity index (χ2n) is 4.17. The van der Waals surface area contributed by atoms with E-state index in [1.807, 2.05) is 36.6 Å². The maximum absolute atomic E-state index is 5.64. The van der Waals surface area contributed by atoms with Crippen LogP contribution >= 0.6 is 11.3 Å². The first-order chi connectivity index (χ1) is 9.20. The summed E-state index contributed by atoms with van der Waals surface area (Å²) in [6, 6.07) is 7.34. The summed E-state index contributed by atoms with van der Waals surface area (Å²) in [4.78, 5) is 8.74. The molecule has 0 atom stereocenters. The van der Waals surface area contributed by atoms with Crippen LogP contribution in [0.3, 0.4) is 0 Å². The van der Waals surface area contributed by atoms with Crippen LogP contribution < -0.4 is 5.73 Å². The minimum absolute atomic E-state index is 0.502. The van der Waals surface area contributed by atoms with Crippen molar-refractivity contribution >= 4 is 17.0 Å². The standard InChI is InChI=1S/C13H12N4OS/c1-8-15-11(7-19-8)6-12-16-13(18-17-12)9-2-4-10(14)5-3-9/h2-5,7H,6,14H2,1H3. The average molecular weight is 272 g/mol. The van der Waals surface area contributed by atoms with Gasteiger partial charge in [0.15, 0.2) is 5.82 Å². The lowest BCUT2D eigenvalue weighted by atomic mass is 10.2. The van der Waals surface area contributed by atoms with Gasteiger partial charge >= 0.3 is 0 Å². The lowest BCUT2D eigenvalue weighted by molar-refractivity contribution is 0.423. The van der Waals surface area contributed by atoms with Crippen LogP contribution in [0.1, 0.15) is 16.5 Å². The fraction of sp³-hybridized carbons (Fsp3) is 0.154. The number of thiazole rings is 1. The molecule has 2 aromatic heterocycles. The van der Waals surface area contributed by atoms with Crippen LogP contribution in [-0.4, -0.2) is 15.1 Å². The second-order valence-corrected chi connectivity index (χ2v) is 5.23. The molecule has 3 aromatic rings. The van der Waals surface area contributed by atoms with E-state index in [9.17, 15) is 0 Å². The zero-order chi connectivity index (χ0) is 13.2. The number of nitrogens with zero attached hydrogens (tertiary/aromatic N) is 3. The second kappa shape index (κ2) is 4.81. The summed E-state index contributed by atoms with van der Waals surface area (Å²) in [5, 5.41) is 7.01. The van der Waals surface area contributed by atoms with E-state index in [-0.39, 0.29) is 0 Å². The van der Waals surface area contributed by atoms with Crippen molar-refractivity contribution in [2.24, 2.45) is 0 Å². The van der Waals surface area contributed by atoms with E-state index in [0.29, 0.717) is 23.8 Å². The lowest BCUT2D eigenvalue weighted by Crippen LogP contribution is -1.91. The molecule has 0 radical (unpaired) electrons. The number of nitrogen functional groups attached to an aromatic ring is 1. The van der Waals surface area contributed by atoms with E-state index >= 15 is 0 Å². The molecule has 19 heavy (non-hydrogen) atoms. The summed E-state index contributed by atoms with van der Waals surface area (Å²) in [7, 11) is 0. The van der Waals surface area contributed by atoms with Crippen molar-refractivity contribution in [3.05, 3.63) is 46.2 Å². The molecule has 0 bridgehead atoms. The van der Waals surface area contributed by atoms with Gasteiger partial charge in [-0.05, 0) is 31.2 Å². The van der Waals surface area contributed by atoms with Crippen molar-refractivity contribution in [2.75, 3.05) is 5.73 Å². The summed E-state index contributed by atoms with van der Waals surface area (Å²) in [6.45, 7) is 1.98. The van der Waals surface area contributed by atoms with Gasteiger partial charge in [-0.2, -0.15) is 4.98 Å². The third kappa shape index (κ3) is 2.63. The van der Waals surface area contributed by atoms with Crippen LogP contribution in [-0.2, 0) is 6.42 Å². The Morgan fingerprint density at radius 2 is 2.00 bits per heavy atom. The van der Waals surface area contributed by atoms with Crippen LogP contribution in [0.2, 0.25) is 0 Å². The molecule has 2 N–H and O–H groups in total. The summed E-state index contributed by atoms with van der Waals surface area (Å²) in [5.74, 6) is 1.14. The quantitative estimate of drug-likeness (QED) is 0.742. The van der Waals surface area contributed by atoms with Gasteiger partial charge in [0.05, 0.1) is 17.1 Å². The maximum atomic E-state index is 5.64. The summed E-state index contributed by atoms with van der Waals surface area (Å²) >= 11 is 1.62. The molecule has 0 unspecified atom stereocenters. The van der Waals surface area contributed by atoms with Crippen molar-refractivity contribution in [3.8, 4) is 11.5 Å². The molecule has 1 aromatic carbocycles. The molecule has 0 spiro atoms. The number of anilines is 1. The molecule has 0 aliphatic carbocycles. The molecule has 3 rings (SSSR count). The molecule has 96 valence electrons. The van der Waals surface area contributed by atoms with Crippen molar-refractivity contribution in [3.63, 3.8) is 0 Å². The highest BCUT2D eigenvalue weighted by molar-refractivity contribution is 7.09. The third-order valence-electron chi connectivity index (χ3n) is 2.63. The first kappa shape index (κ1) is 11.9. The Morgan fingerprint density at radius 1 is 1.21 bits per heavy atom. The van der Waals surface area contributed by atoms with E-state index in [2.05, 4.69) is 15.1 Å². The number of hydrogen-bond donors (Lipinski definition) is 1. The number of aryl methyl sites for hydroxylation is 1. The first-order valence-electron chi connectivity index (χ1n) is 5.80. The predicted molar refractivity (Wildman–Crippen MR) is 73.8 cm³/mol. The van der Waals surface area contributed by atoms with Crippen LogP contribution in [0.25, 0.3) is 11.5 Å². The van der Waals surface area contributed by atoms with E-state index < -0.39 is 0 Å². The Morgan fingerprint density at radius 3 is 2.68 bits per heavy atom. The summed E-state index contributed by atoms with van der Waals surface area (Å²) in [6.07, 6.45) is 0.586. The minimum atomic E-state index is 0.502. The highest BCUT2D eigenvalue weighted by Crippen LogP contribution is 2.19. The average Bonchev–Trinajstić information content (AvgIpc) is 3.00. The number of nitrogens with two attached hydrogens (primary N) is 1. The molecule has 6 heteroatoms. The molecule has 0 aliphatic heterocycles. The molecule has 0 saturated carbocycles. The monoisotopic (exact) mass is 272 g/mol. The number of aromatic nitrogens is 3. The van der Waals surface area contributed by atoms with Gasteiger partial charge < -0.3 is 10.3 Å². The molecule has 2 heterocycles. The largest absolute Gasteiger partial charge is 0.399 e. The Hall–Kier alpha value is -2.21. The van der Waals surface area contributed by atoms with Crippen molar-refractivity contribution < 1.29 is 4.52 Å². The van der Waals surface area contributed by atoms with Gasteiger partial charge in [0, 0.05) is 16.6 Å². The summed E-state index contributed by atoms with van der Waals surface area (Å²) < 4.78 is 5.24. The third-order valence-corrected chi connectivity index (χ3v) is 3.45. The van der Waals surface area contributed by atoms with Gasteiger partial charge in [0.2, 0.25) is 0 Å². The fourth-order valence-corrected chi connectivity index (χ4v) is 2.33. The Balaban J connectivity index is 1.81. The van der Waals surface area contributed by atoms with Crippen LogP contribution in [0.15, 0.2) is 34.2 Å². The van der Waals surface area contributed by atoms with E-state index in [1.165, 1.54) is 0 Å². The normalized spacial score (nSPS) is 10.8. The maximum Gasteiger partial charge on any atom is 0.257 e. The van der Waals surface area contributed by atoms with Gasteiger partial charge in [-0.3, -0.25) is 0 Å². The Labute approximate surface area is 114 Å². The smallest absolute Gasteiger partial charge is 0.257 e. The van der Waals surface area contributed by atoms with E-state index in [0.717, 1.165) is 16.3 Å². The highest BCUT2D eigenvalue weighted by atomic mass is 32.1. The zero-order valence-electron chi connectivity index (χ0n) is 10.3. The first-order valence-corrected chi connectivity index (χ1v) is 6.68. The van der Waals surface area contributed by atoms with Crippen molar-refractivity contribution in [1.29, 1.82) is 0 Å². The van der Waals surface area contributed by atoms with Crippen LogP contribution in [0, 0.1) is 6.92 Å². The molecular formula is C13H12N4OS. The summed E-state index contributed by atoms with van der Waals surface area (Å²) in [5.41, 5.74) is 8.18. The number of benzene rings is 1. The zero-order valence-corrected chi connectivity index (χ0v) is 11.1. The van der Waals surface area contributed by atoms with Gasteiger partial charge in [-0.25, -0.2) is 4.98 Å². The molecule has 0 fully saturated rings. The van der Waals surface area contributed by atoms with Gasteiger partial charge in [-0.1, -0.05) is 5.16 Å². The molecule has 0 saturated heterocycles. The Bertz CT molecular complexity index is 687. The predicted octanol–water partition coefficient (Wildman–Crippen LogP) is 2.67. The molecule has 0 amide bonds. The molecule has 0 aliphatic rings. The highest BCUT2D eigenvalue weighted by Gasteiger charge is 2.10. The van der Waals surface area contributed by atoms with Crippen molar-refractivity contribution in [1.82, 2.24) is 15.1 Å². The minimum Gasteiger partial charge on any atom is -0.399 e. The SMILES string of the molecule is Cc1nc(Cc2noc(-c3ccc(N)cc3)n2)cs1. The van der Waals surface area contributed by atoms with Crippen LogP contribution in [0.5, 0.6) is 0 Å². The molecular weight excluding hydrogens is 260 g/mol. The number of rotatable bonds is 3. The topological polar surface area (TPSA) is 77.8 Å². The molecule has 5 nitrogen and oxygen atoms in total.